The number of hydrogen-bond donors (Lipinski definition) is 2. The van der Waals surface area contributed by atoms with E-state index in [1.165, 1.54) is 6.92 Å². The van der Waals surface area contributed by atoms with E-state index in [1.54, 1.807) is 6.92 Å². The molecule has 2 heterocycles. The largest absolute Gasteiger partial charge is 0.495 e. The van der Waals surface area contributed by atoms with Gasteiger partial charge in [0, 0.05) is 41.5 Å². The Bertz CT molecular complexity index is 1180. The number of hydrogen-bond acceptors (Lipinski definition) is 18. The van der Waals surface area contributed by atoms with Crippen molar-refractivity contribution in [3.8, 4) is 0 Å². The Morgan fingerprint density at radius 1 is 0.696 bits per heavy atom. The summed E-state index contributed by atoms with van der Waals surface area (Å²) in [6, 6.07) is 0. The molecule has 0 spiro atoms. The Hall–Kier alpha value is -3.84. The predicted octanol–water partition coefficient (Wildman–Crippen LogP) is -0.703. The molecule has 0 bridgehead atoms. The molecule has 18 nitrogen and oxygen atoms in total. The predicted molar refractivity (Wildman–Crippen MR) is 145 cm³/mol. The van der Waals surface area contributed by atoms with Gasteiger partial charge < -0.3 is 57.6 Å². The standard InChI is InChI=1S/C28H40O18/c1-9-37-12(2)25(42-17(7)34)28(26(43-18(8)35)22(39-14(4)31)20(45-28)11-38-13(3)30)46-27-24(41-16(6)33)23(40-15(5)32)21(36)19(10-29)44-27/h19-24,26-27,29,36H,9-11H2,1-8H3/t19-,20-,21-,22-,23+,24-,26+,27-,28+/m1/s1. The molecule has 0 amide bonds. The van der Waals surface area contributed by atoms with Gasteiger partial charge in [-0.2, -0.15) is 0 Å². The van der Waals surface area contributed by atoms with Crippen LogP contribution in [-0.4, -0.2) is 121 Å². The molecule has 0 aromatic carbocycles. The molecule has 2 aliphatic heterocycles. The Balaban J connectivity index is 2.96. The average molecular weight is 665 g/mol. The van der Waals surface area contributed by atoms with Crippen LogP contribution in [0.4, 0.5) is 0 Å². The van der Waals surface area contributed by atoms with Gasteiger partial charge in [-0.1, -0.05) is 0 Å². The molecule has 9 atom stereocenters. The molecule has 0 unspecified atom stereocenters. The lowest BCUT2D eigenvalue weighted by molar-refractivity contribution is -0.374. The van der Waals surface area contributed by atoms with Crippen molar-refractivity contribution >= 4 is 35.8 Å². The Labute approximate surface area is 264 Å². The summed E-state index contributed by atoms with van der Waals surface area (Å²) < 4.78 is 56.0. The molecule has 46 heavy (non-hydrogen) atoms. The van der Waals surface area contributed by atoms with Crippen molar-refractivity contribution in [2.45, 2.75) is 110 Å². The lowest BCUT2D eigenvalue weighted by Crippen LogP contribution is -2.64. The molecule has 2 aliphatic rings. The Morgan fingerprint density at radius 2 is 1.24 bits per heavy atom. The van der Waals surface area contributed by atoms with Crippen LogP contribution in [-0.2, 0) is 76.1 Å². The molecule has 18 heteroatoms. The van der Waals surface area contributed by atoms with Gasteiger partial charge >= 0.3 is 35.8 Å². The quantitative estimate of drug-likeness (QED) is 0.141. The van der Waals surface area contributed by atoms with Gasteiger partial charge in [-0.3, -0.25) is 28.8 Å². The summed E-state index contributed by atoms with van der Waals surface area (Å²) in [4.78, 5) is 73.2. The van der Waals surface area contributed by atoms with Crippen LogP contribution in [0.5, 0.6) is 0 Å². The highest BCUT2D eigenvalue weighted by molar-refractivity contribution is 5.69. The maximum Gasteiger partial charge on any atom is 0.308 e. The third-order valence-electron chi connectivity index (χ3n) is 6.35. The first kappa shape index (κ1) is 38.3. The van der Waals surface area contributed by atoms with E-state index < -0.39 is 110 Å². The molecule has 2 N–H and O–H groups in total. The van der Waals surface area contributed by atoms with E-state index in [0.717, 1.165) is 41.5 Å². The van der Waals surface area contributed by atoms with E-state index in [4.69, 9.17) is 47.4 Å². The maximum absolute atomic E-state index is 12.5. The van der Waals surface area contributed by atoms with E-state index in [2.05, 4.69) is 0 Å². The topological polar surface area (TPSA) is 235 Å². The molecule has 2 rings (SSSR count). The Kier molecular flexibility index (Phi) is 13.9. The van der Waals surface area contributed by atoms with E-state index in [9.17, 15) is 39.0 Å². The fourth-order valence-electron chi connectivity index (χ4n) is 4.85. The fourth-order valence-corrected chi connectivity index (χ4v) is 4.85. The van der Waals surface area contributed by atoms with Gasteiger partial charge in [0.1, 0.15) is 30.7 Å². The van der Waals surface area contributed by atoms with Gasteiger partial charge in [-0.05, 0) is 13.8 Å². The van der Waals surface area contributed by atoms with Crippen LogP contribution in [0, 0.1) is 0 Å². The summed E-state index contributed by atoms with van der Waals surface area (Å²) >= 11 is 0. The van der Waals surface area contributed by atoms with Gasteiger partial charge in [0.15, 0.2) is 18.3 Å². The van der Waals surface area contributed by atoms with Gasteiger partial charge in [-0.15, -0.1) is 0 Å². The summed E-state index contributed by atoms with van der Waals surface area (Å²) in [5.41, 5.74) is 0. The van der Waals surface area contributed by atoms with Crippen molar-refractivity contribution in [3.63, 3.8) is 0 Å². The number of rotatable bonds is 13. The van der Waals surface area contributed by atoms with Crippen molar-refractivity contribution in [2.75, 3.05) is 19.8 Å². The maximum atomic E-state index is 12.5. The summed E-state index contributed by atoms with van der Waals surface area (Å²) in [6.45, 7) is 7.53. The number of carbonyl (C=O) groups is 6. The summed E-state index contributed by atoms with van der Waals surface area (Å²) in [6.07, 6.45) is -13.8. The second-order valence-electron chi connectivity index (χ2n) is 10.1. The van der Waals surface area contributed by atoms with Crippen molar-refractivity contribution in [3.05, 3.63) is 11.5 Å². The number of aliphatic hydroxyl groups excluding tert-OH is 2. The number of ether oxygens (including phenoxy) is 10. The molecule has 0 aliphatic carbocycles. The SMILES string of the molecule is CCOC(C)=C(OC(C)=O)[C@@]1(O[C@H]2O[C@H](CO)[C@@H](O)[C@H](OC(C)=O)[C@H]2OC(C)=O)O[C@H](COC(C)=O)[C@@H](OC(C)=O)[C@@H]1OC(C)=O. The minimum absolute atomic E-state index is 0.00152. The normalized spacial score (nSPS) is 31.1. The highest BCUT2D eigenvalue weighted by atomic mass is 16.8. The minimum Gasteiger partial charge on any atom is -0.495 e. The van der Waals surface area contributed by atoms with Crippen LogP contribution in [0.2, 0.25) is 0 Å². The van der Waals surface area contributed by atoms with E-state index in [1.807, 2.05) is 0 Å². The molecule has 0 aromatic heterocycles. The molecule has 260 valence electrons. The van der Waals surface area contributed by atoms with Crippen molar-refractivity contribution in [1.29, 1.82) is 0 Å². The zero-order chi connectivity index (χ0) is 34.9. The van der Waals surface area contributed by atoms with Gasteiger partial charge in [0.25, 0.3) is 5.79 Å². The first-order chi connectivity index (χ1) is 21.5. The molecule has 2 saturated heterocycles. The fraction of sp³-hybridized carbons (Fsp3) is 0.714. The van der Waals surface area contributed by atoms with Crippen molar-refractivity contribution in [1.82, 2.24) is 0 Å². The second kappa shape index (κ2) is 16.6. The molecular formula is C28H40O18. The van der Waals surface area contributed by atoms with E-state index >= 15 is 0 Å². The molecule has 2 fully saturated rings. The summed E-state index contributed by atoms with van der Waals surface area (Å²) in [5.74, 6) is -9.00. The van der Waals surface area contributed by atoms with Gasteiger partial charge in [0.05, 0.1) is 13.2 Å². The van der Waals surface area contributed by atoms with E-state index in [-0.39, 0.29) is 12.4 Å². The zero-order valence-corrected chi connectivity index (χ0v) is 26.7. The van der Waals surface area contributed by atoms with Crippen LogP contribution in [0.1, 0.15) is 55.4 Å². The average Bonchev–Trinajstić information content (AvgIpc) is 3.20. The van der Waals surface area contributed by atoms with Crippen LogP contribution in [0.25, 0.3) is 0 Å². The first-order valence-electron chi connectivity index (χ1n) is 14.1. The van der Waals surface area contributed by atoms with Gasteiger partial charge in [0.2, 0.25) is 18.2 Å². The van der Waals surface area contributed by atoms with Crippen molar-refractivity contribution < 1.29 is 86.3 Å². The van der Waals surface area contributed by atoms with Crippen LogP contribution < -0.4 is 0 Å². The highest BCUT2D eigenvalue weighted by Gasteiger charge is 2.67. The summed E-state index contributed by atoms with van der Waals surface area (Å²) in [7, 11) is 0. The smallest absolute Gasteiger partial charge is 0.308 e. The molecular weight excluding hydrogens is 624 g/mol. The number of aliphatic hydroxyl groups is 2. The number of carbonyl (C=O) groups excluding carboxylic acids is 6. The second-order valence-corrected chi connectivity index (χ2v) is 10.1. The minimum atomic E-state index is -2.71. The molecule has 0 aromatic rings. The Morgan fingerprint density at radius 3 is 1.72 bits per heavy atom. The lowest BCUT2D eigenvalue weighted by atomic mass is 9.97. The zero-order valence-electron chi connectivity index (χ0n) is 26.7. The monoisotopic (exact) mass is 664 g/mol. The molecule has 0 radical (unpaired) electrons. The third kappa shape index (κ3) is 9.58. The third-order valence-corrected chi connectivity index (χ3v) is 6.35. The number of esters is 6. The van der Waals surface area contributed by atoms with Crippen LogP contribution in [0.3, 0.4) is 0 Å². The van der Waals surface area contributed by atoms with Crippen molar-refractivity contribution in [2.24, 2.45) is 0 Å². The first-order valence-corrected chi connectivity index (χ1v) is 14.1. The highest BCUT2D eigenvalue weighted by Crippen LogP contribution is 2.46. The van der Waals surface area contributed by atoms with Crippen LogP contribution in [0.15, 0.2) is 11.5 Å². The molecule has 0 saturated carbocycles. The van der Waals surface area contributed by atoms with E-state index in [0.29, 0.717) is 0 Å². The van der Waals surface area contributed by atoms with Crippen LogP contribution >= 0.6 is 0 Å². The number of allylic oxidation sites excluding steroid dienone is 1. The van der Waals surface area contributed by atoms with Gasteiger partial charge in [-0.25, -0.2) is 0 Å². The summed E-state index contributed by atoms with van der Waals surface area (Å²) in [5, 5.41) is 20.8. The lowest BCUT2D eigenvalue weighted by Gasteiger charge is -2.46.